The first-order chi connectivity index (χ1) is 15.9. The molecule has 3 aromatic rings. The number of nitrogens with zero attached hydrogens (tertiary/aromatic N) is 3. The lowest BCUT2D eigenvalue weighted by atomic mass is 9.80. The Kier molecular flexibility index (Phi) is 6.95. The highest BCUT2D eigenvalue weighted by Gasteiger charge is 2.39. The topological polar surface area (TPSA) is 83.1 Å². The molecule has 4 rings (SSSR count). The van der Waals surface area contributed by atoms with E-state index in [1.807, 2.05) is 24.3 Å². The minimum Gasteiger partial charge on any atom is -0.494 e. The Morgan fingerprint density at radius 2 is 1.97 bits per heavy atom. The number of aromatic nitrogens is 3. The van der Waals surface area contributed by atoms with Crippen LogP contribution in [-0.4, -0.2) is 46.7 Å². The molecular weight excluding hydrogens is 434 g/mol. The molecule has 0 bridgehead atoms. The van der Waals surface area contributed by atoms with Gasteiger partial charge in [0, 0.05) is 22.7 Å². The summed E-state index contributed by atoms with van der Waals surface area (Å²) in [5.74, 6) is 1.19. The van der Waals surface area contributed by atoms with Gasteiger partial charge in [-0.15, -0.1) is 11.3 Å². The number of unbranched alkanes of at least 4 members (excludes halogenated alkanes) is 1. The van der Waals surface area contributed by atoms with Crippen molar-refractivity contribution in [3.63, 3.8) is 0 Å². The van der Waals surface area contributed by atoms with E-state index < -0.39 is 5.54 Å². The molecule has 33 heavy (non-hydrogen) atoms. The van der Waals surface area contributed by atoms with Crippen LogP contribution in [0, 0.1) is 0 Å². The summed E-state index contributed by atoms with van der Waals surface area (Å²) in [5.41, 5.74) is 2.03. The minimum atomic E-state index is -0.552. The van der Waals surface area contributed by atoms with Gasteiger partial charge < -0.3 is 15.0 Å². The fourth-order valence-electron chi connectivity index (χ4n) is 4.09. The zero-order valence-electron chi connectivity index (χ0n) is 19.6. The Morgan fingerprint density at radius 1 is 1.18 bits per heavy atom. The van der Waals surface area contributed by atoms with E-state index in [4.69, 9.17) is 4.74 Å². The standard InChI is InChI=1S/C25H31N5O2S/c1-5-6-13-32-18-9-7-17(8-10-18)25(2)14-20(21-12-11-19(33-21)15-30(3)4)22(24(31)28-25)23-26-16-27-29-23/h7-12,16H,5-6,13-15H2,1-4H3,(H,28,31)(H,26,27,29). The van der Waals surface area contributed by atoms with Crippen molar-refractivity contribution in [3.8, 4) is 5.75 Å². The summed E-state index contributed by atoms with van der Waals surface area (Å²) >= 11 is 1.72. The van der Waals surface area contributed by atoms with Crippen molar-refractivity contribution in [2.75, 3.05) is 20.7 Å². The summed E-state index contributed by atoms with van der Waals surface area (Å²) < 4.78 is 5.82. The average molecular weight is 466 g/mol. The molecule has 1 unspecified atom stereocenters. The highest BCUT2D eigenvalue weighted by Crippen LogP contribution is 2.43. The number of ether oxygens (including phenoxy) is 1. The Bertz CT molecular complexity index is 1120. The maximum atomic E-state index is 13.4. The van der Waals surface area contributed by atoms with Gasteiger partial charge in [0.05, 0.1) is 17.7 Å². The van der Waals surface area contributed by atoms with E-state index in [-0.39, 0.29) is 5.91 Å². The number of hydrogen-bond donors (Lipinski definition) is 2. The van der Waals surface area contributed by atoms with Gasteiger partial charge in [-0.2, -0.15) is 5.10 Å². The molecule has 1 aliphatic rings. The normalized spacial score (nSPS) is 18.6. The molecule has 2 N–H and O–H groups in total. The smallest absolute Gasteiger partial charge is 0.256 e. The zero-order chi connectivity index (χ0) is 23.4. The molecule has 8 heteroatoms. The Labute approximate surface area is 198 Å². The molecular formula is C25H31N5O2S. The van der Waals surface area contributed by atoms with Crippen molar-refractivity contribution in [2.24, 2.45) is 0 Å². The zero-order valence-corrected chi connectivity index (χ0v) is 20.5. The summed E-state index contributed by atoms with van der Waals surface area (Å²) in [6, 6.07) is 12.3. The summed E-state index contributed by atoms with van der Waals surface area (Å²) in [5, 5.41) is 10.1. The van der Waals surface area contributed by atoms with E-state index in [2.05, 4.69) is 65.5 Å². The van der Waals surface area contributed by atoms with Crippen LogP contribution in [0.2, 0.25) is 0 Å². The van der Waals surface area contributed by atoms with Gasteiger partial charge in [-0.25, -0.2) is 4.98 Å². The van der Waals surface area contributed by atoms with E-state index in [0.29, 0.717) is 24.4 Å². The maximum absolute atomic E-state index is 13.4. The largest absolute Gasteiger partial charge is 0.494 e. The van der Waals surface area contributed by atoms with Crippen molar-refractivity contribution in [1.82, 2.24) is 25.4 Å². The van der Waals surface area contributed by atoms with Crippen LogP contribution < -0.4 is 10.1 Å². The lowest BCUT2D eigenvalue weighted by molar-refractivity contribution is -0.117. The Hall–Kier alpha value is -2.97. The van der Waals surface area contributed by atoms with Gasteiger partial charge in [0.2, 0.25) is 0 Å². The number of nitrogens with one attached hydrogen (secondary N) is 2. The lowest BCUT2D eigenvalue weighted by Gasteiger charge is -2.37. The van der Waals surface area contributed by atoms with E-state index in [1.165, 1.54) is 11.2 Å². The predicted molar refractivity (Wildman–Crippen MR) is 132 cm³/mol. The third kappa shape index (κ3) is 5.17. The molecule has 0 saturated heterocycles. The molecule has 0 radical (unpaired) electrons. The molecule has 0 saturated carbocycles. The first-order valence-corrected chi connectivity index (χ1v) is 12.1. The first-order valence-electron chi connectivity index (χ1n) is 11.3. The number of benzene rings is 1. The molecule has 1 aromatic carbocycles. The maximum Gasteiger partial charge on any atom is 0.256 e. The van der Waals surface area contributed by atoms with Gasteiger partial charge in [0.15, 0.2) is 5.82 Å². The van der Waals surface area contributed by atoms with Crippen molar-refractivity contribution in [2.45, 2.75) is 45.2 Å². The second-order valence-electron chi connectivity index (χ2n) is 8.88. The average Bonchev–Trinajstić information content (AvgIpc) is 3.46. The quantitative estimate of drug-likeness (QED) is 0.456. The van der Waals surface area contributed by atoms with E-state index in [0.717, 1.165) is 41.1 Å². The predicted octanol–water partition coefficient (Wildman–Crippen LogP) is 4.45. The lowest BCUT2D eigenvalue weighted by Crippen LogP contribution is -2.47. The summed E-state index contributed by atoms with van der Waals surface area (Å²) in [6.07, 6.45) is 4.21. The third-order valence-corrected chi connectivity index (χ3v) is 6.92. The van der Waals surface area contributed by atoms with Crippen LogP contribution >= 0.6 is 11.3 Å². The molecule has 1 atom stereocenters. The molecule has 2 aromatic heterocycles. The van der Waals surface area contributed by atoms with Crippen molar-refractivity contribution < 1.29 is 9.53 Å². The molecule has 0 fully saturated rings. The number of H-pyrrole nitrogens is 1. The van der Waals surface area contributed by atoms with Gasteiger partial charge in [0.1, 0.15) is 12.1 Å². The Morgan fingerprint density at radius 3 is 2.64 bits per heavy atom. The van der Waals surface area contributed by atoms with Crippen LogP contribution in [-0.2, 0) is 16.9 Å². The summed E-state index contributed by atoms with van der Waals surface area (Å²) in [4.78, 5) is 22.2. The van der Waals surface area contributed by atoms with Crippen molar-refractivity contribution in [1.29, 1.82) is 0 Å². The molecule has 3 heterocycles. The van der Waals surface area contributed by atoms with Gasteiger partial charge in [0.25, 0.3) is 5.91 Å². The van der Waals surface area contributed by atoms with Gasteiger partial charge in [-0.05, 0) is 62.8 Å². The van der Waals surface area contributed by atoms with Crippen molar-refractivity contribution >= 4 is 28.4 Å². The number of aromatic amines is 1. The molecule has 1 aliphatic heterocycles. The first kappa shape index (κ1) is 23.2. The summed E-state index contributed by atoms with van der Waals surface area (Å²) in [7, 11) is 4.11. The van der Waals surface area contributed by atoms with Crippen LogP contribution in [0.4, 0.5) is 0 Å². The number of hydrogen-bond acceptors (Lipinski definition) is 6. The van der Waals surface area contributed by atoms with Crippen LogP contribution in [0.15, 0.2) is 42.7 Å². The fourth-order valence-corrected chi connectivity index (χ4v) is 5.26. The Balaban J connectivity index is 1.68. The minimum absolute atomic E-state index is 0.152. The SMILES string of the molecule is CCCCOc1ccc(C2(C)CC(c3ccc(CN(C)C)s3)=C(c3ncn[nH]3)C(=O)N2)cc1. The molecule has 7 nitrogen and oxygen atoms in total. The van der Waals surface area contributed by atoms with Gasteiger partial charge in [-0.1, -0.05) is 25.5 Å². The second-order valence-corrected chi connectivity index (χ2v) is 10.0. The third-order valence-electron chi connectivity index (χ3n) is 5.79. The monoisotopic (exact) mass is 465 g/mol. The fraction of sp³-hybridized carbons (Fsp3) is 0.400. The van der Waals surface area contributed by atoms with E-state index in [9.17, 15) is 4.79 Å². The van der Waals surface area contributed by atoms with E-state index in [1.54, 1.807) is 11.3 Å². The van der Waals surface area contributed by atoms with Gasteiger partial charge in [-0.3, -0.25) is 9.89 Å². The summed E-state index contributed by atoms with van der Waals surface area (Å²) in [6.45, 7) is 5.79. The number of carbonyl (C=O) groups excluding carboxylic acids is 1. The highest BCUT2D eigenvalue weighted by molar-refractivity contribution is 7.13. The number of rotatable bonds is 9. The number of amides is 1. The van der Waals surface area contributed by atoms with E-state index >= 15 is 0 Å². The number of thiophene rings is 1. The second kappa shape index (κ2) is 9.89. The molecule has 0 spiro atoms. The van der Waals surface area contributed by atoms with Crippen LogP contribution in [0.3, 0.4) is 0 Å². The van der Waals surface area contributed by atoms with Crippen molar-refractivity contribution in [3.05, 3.63) is 63.9 Å². The highest BCUT2D eigenvalue weighted by atomic mass is 32.1. The van der Waals surface area contributed by atoms with Crippen LogP contribution in [0.25, 0.3) is 11.1 Å². The number of carbonyl (C=O) groups is 1. The molecule has 0 aliphatic carbocycles. The molecule has 1 amide bonds. The molecule has 174 valence electrons. The van der Waals surface area contributed by atoms with Crippen LogP contribution in [0.1, 0.15) is 54.3 Å². The van der Waals surface area contributed by atoms with Gasteiger partial charge >= 0.3 is 0 Å². The van der Waals surface area contributed by atoms with Crippen LogP contribution in [0.5, 0.6) is 5.75 Å².